The van der Waals surface area contributed by atoms with Crippen LogP contribution in [-0.4, -0.2) is 9.97 Å². The molecule has 0 saturated heterocycles. The molecule has 0 amide bonds. The summed E-state index contributed by atoms with van der Waals surface area (Å²) in [5.41, 5.74) is 0.317. The molecular formula is C13H8F3N3. The summed E-state index contributed by atoms with van der Waals surface area (Å²) in [5.74, 6) is 0. The fraction of sp³-hybridized carbons (Fsp3) is 0.154. The number of aromatic nitrogens is 2. The Bertz CT molecular complexity index is 615. The van der Waals surface area contributed by atoms with Crippen molar-refractivity contribution in [1.82, 2.24) is 9.97 Å². The number of hydrogen-bond acceptors (Lipinski definition) is 3. The summed E-state index contributed by atoms with van der Waals surface area (Å²) in [6, 6.07) is 7.39. The Balaban J connectivity index is 2.54. The molecule has 3 nitrogen and oxygen atoms in total. The van der Waals surface area contributed by atoms with Gasteiger partial charge in [-0.1, -0.05) is 6.07 Å². The fourth-order valence-corrected chi connectivity index (χ4v) is 1.66. The van der Waals surface area contributed by atoms with E-state index in [0.29, 0.717) is 11.1 Å². The maximum absolute atomic E-state index is 12.6. The summed E-state index contributed by atoms with van der Waals surface area (Å²) in [7, 11) is 0. The highest BCUT2D eigenvalue weighted by Crippen LogP contribution is 2.31. The van der Waals surface area contributed by atoms with Gasteiger partial charge in [0.25, 0.3) is 0 Å². The van der Waals surface area contributed by atoms with Crippen LogP contribution >= 0.6 is 0 Å². The summed E-state index contributed by atoms with van der Waals surface area (Å²) >= 11 is 0. The van der Waals surface area contributed by atoms with Gasteiger partial charge in [0.05, 0.1) is 18.2 Å². The van der Waals surface area contributed by atoms with E-state index in [1.54, 1.807) is 12.1 Å². The van der Waals surface area contributed by atoms with Crippen LogP contribution in [0.4, 0.5) is 13.2 Å². The van der Waals surface area contributed by atoms with Crippen molar-refractivity contribution >= 4 is 0 Å². The molecule has 2 rings (SSSR count). The van der Waals surface area contributed by atoms with E-state index < -0.39 is 11.9 Å². The maximum atomic E-state index is 12.6. The van der Waals surface area contributed by atoms with Crippen molar-refractivity contribution in [1.29, 1.82) is 5.26 Å². The van der Waals surface area contributed by atoms with Gasteiger partial charge >= 0.3 is 6.18 Å². The summed E-state index contributed by atoms with van der Waals surface area (Å²) in [6.45, 7) is 0. The molecule has 19 heavy (non-hydrogen) atoms. The lowest BCUT2D eigenvalue weighted by Crippen LogP contribution is -2.10. The summed E-state index contributed by atoms with van der Waals surface area (Å²) in [5, 5.41) is 8.70. The molecule has 0 aliphatic rings. The molecule has 0 aliphatic carbocycles. The topological polar surface area (TPSA) is 49.6 Å². The van der Waals surface area contributed by atoms with E-state index in [9.17, 15) is 13.2 Å². The van der Waals surface area contributed by atoms with Gasteiger partial charge in [0.2, 0.25) is 0 Å². The molecule has 0 N–H and O–H groups in total. The van der Waals surface area contributed by atoms with Gasteiger partial charge in [0, 0.05) is 18.0 Å². The standard InChI is InChI=1S/C13H8F3N3/c14-13(15,16)12-2-1-10(11(19-12)3-6-17)9-4-7-18-8-5-9/h1-2,4-5,7-8H,3H2. The molecule has 0 atom stereocenters. The number of rotatable bonds is 2. The molecular weight excluding hydrogens is 255 g/mol. The van der Waals surface area contributed by atoms with Gasteiger partial charge in [-0.25, -0.2) is 4.98 Å². The van der Waals surface area contributed by atoms with Crippen LogP contribution in [0.2, 0.25) is 0 Å². The van der Waals surface area contributed by atoms with Crippen LogP contribution in [0, 0.1) is 11.3 Å². The monoisotopic (exact) mass is 263 g/mol. The van der Waals surface area contributed by atoms with Crippen LogP contribution in [0.5, 0.6) is 0 Å². The summed E-state index contributed by atoms with van der Waals surface area (Å²) in [6.07, 6.45) is -1.63. The minimum Gasteiger partial charge on any atom is -0.265 e. The highest BCUT2D eigenvalue weighted by molar-refractivity contribution is 5.65. The molecule has 0 radical (unpaired) electrons. The second-order valence-corrected chi connectivity index (χ2v) is 3.76. The predicted molar refractivity (Wildman–Crippen MR) is 61.8 cm³/mol. The van der Waals surface area contributed by atoms with Gasteiger partial charge in [-0.05, 0) is 23.8 Å². The lowest BCUT2D eigenvalue weighted by molar-refractivity contribution is -0.141. The Morgan fingerprint density at radius 1 is 1.11 bits per heavy atom. The normalized spacial score (nSPS) is 11.1. The number of hydrogen-bond donors (Lipinski definition) is 0. The Morgan fingerprint density at radius 2 is 1.79 bits per heavy atom. The van der Waals surface area contributed by atoms with Crippen LogP contribution in [0.3, 0.4) is 0 Å². The molecule has 0 saturated carbocycles. The van der Waals surface area contributed by atoms with Crippen molar-refractivity contribution in [3.05, 3.63) is 48.0 Å². The largest absolute Gasteiger partial charge is 0.433 e. The SMILES string of the molecule is N#CCc1nc(C(F)(F)F)ccc1-c1ccncc1. The number of pyridine rings is 2. The first-order chi connectivity index (χ1) is 9.02. The van der Waals surface area contributed by atoms with E-state index >= 15 is 0 Å². The molecule has 0 fully saturated rings. The third-order valence-corrected chi connectivity index (χ3v) is 2.50. The average molecular weight is 263 g/mol. The molecule has 0 spiro atoms. The van der Waals surface area contributed by atoms with E-state index in [1.165, 1.54) is 18.5 Å². The molecule has 96 valence electrons. The second-order valence-electron chi connectivity index (χ2n) is 3.76. The molecule has 0 bridgehead atoms. The second kappa shape index (κ2) is 5.06. The Hall–Kier alpha value is -2.42. The van der Waals surface area contributed by atoms with Crippen molar-refractivity contribution in [3.63, 3.8) is 0 Å². The zero-order chi connectivity index (χ0) is 13.9. The zero-order valence-electron chi connectivity index (χ0n) is 9.65. The van der Waals surface area contributed by atoms with Gasteiger partial charge in [0.15, 0.2) is 0 Å². The van der Waals surface area contributed by atoms with E-state index in [0.717, 1.165) is 6.07 Å². The molecule has 2 heterocycles. The lowest BCUT2D eigenvalue weighted by atomic mass is 10.0. The Kier molecular flexibility index (Phi) is 3.47. The number of alkyl halides is 3. The average Bonchev–Trinajstić information content (AvgIpc) is 2.39. The minimum atomic E-state index is -4.51. The zero-order valence-corrected chi connectivity index (χ0v) is 9.65. The van der Waals surface area contributed by atoms with Crippen molar-refractivity contribution < 1.29 is 13.2 Å². The van der Waals surface area contributed by atoms with Crippen molar-refractivity contribution in [2.24, 2.45) is 0 Å². The van der Waals surface area contributed by atoms with Crippen molar-refractivity contribution in [2.75, 3.05) is 0 Å². The smallest absolute Gasteiger partial charge is 0.265 e. The third-order valence-electron chi connectivity index (χ3n) is 2.50. The molecule has 2 aromatic heterocycles. The van der Waals surface area contributed by atoms with E-state index in [4.69, 9.17) is 5.26 Å². The highest BCUT2D eigenvalue weighted by Gasteiger charge is 2.33. The summed E-state index contributed by atoms with van der Waals surface area (Å²) in [4.78, 5) is 7.38. The first kappa shape index (κ1) is 13.0. The molecule has 6 heteroatoms. The first-order valence-corrected chi connectivity index (χ1v) is 5.37. The van der Waals surface area contributed by atoms with Crippen LogP contribution in [0.1, 0.15) is 11.4 Å². The van der Waals surface area contributed by atoms with E-state index in [1.807, 2.05) is 6.07 Å². The minimum absolute atomic E-state index is 0.114. The van der Waals surface area contributed by atoms with Crippen LogP contribution in [0.15, 0.2) is 36.7 Å². The fourth-order valence-electron chi connectivity index (χ4n) is 1.66. The molecule has 0 unspecified atom stereocenters. The van der Waals surface area contributed by atoms with Gasteiger partial charge in [-0.2, -0.15) is 18.4 Å². The molecule has 0 aromatic carbocycles. The van der Waals surface area contributed by atoms with E-state index in [-0.39, 0.29) is 12.1 Å². The molecule has 0 aliphatic heterocycles. The maximum Gasteiger partial charge on any atom is 0.433 e. The Morgan fingerprint density at radius 3 is 2.37 bits per heavy atom. The van der Waals surface area contributed by atoms with Gasteiger partial charge in [0.1, 0.15) is 5.69 Å². The van der Waals surface area contributed by atoms with Gasteiger partial charge in [-0.3, -0.25) is 4.98 Å². The highest BCUT2D eigenvalue weighted by atomic mass is 19.4. The first-order valence-electron chi connectivity index (χ1n) is 5.37. The van der Waals surface area contributed by atoms with Gasteiger partial charge in [-0.15, -0.1) is 0 Å². The van der Waals surface area contributed by atoms with Crippen molar-refractivity contribution in [2.45, 2.75) is 12.6 Å². The quantitative estimate of drug-likeness (QED) is 0.835. The number of nitrogens with zero attached hydrogens (tertiary/aromatic N) is 3. The predicted octanol–water partition coefficient (Wildman–Crippen LogP) is 3.23. The number of nitriles is 1. The number of halogens is 3. The third kappa shape index (κ3) is 2.88. The summed E-state index contributed by atoms with van der Waals surface area (Å²) < 4.78 is 37.8. The lowest BCUT2D eigenvalue weighted by Gasteiger charge is -2.10. The van der Waals surface area contributed by atoms with E-state index in [2.05, 4.69) is 9.97 Å². The molecule has 2 aromatic rings. The van der Waals surface area contributed by atoms with Crippen molar-refractivity contribution in [3.8, 4) is 17.2 Å². The van der Waals surface area contributed by atoms with Crippen LogP contribution < -0.4 is 0 Å². The van der Waals surface area contributed by atoms with Crippen LogP contribution in [0.25, 0.3) is 11.1 Å². The van der Waals surface area contributed by atoms with Gasteiger partial charge < -0.3 is 0 Å². The van der Waals surface area contributed by atoms with Crippen LogP contribution in [-0.2, 0) is 12.6 Å². The Labute approximate surface area is 107 Å².